The van der Waals surface area contributed by atoms with Crippen LogP contribution in [0.4, 0.5) is 0 Å². The second-order valence-corrected chi connectivity index (χ2v) is 6.87. The summed E-state index contributed by atoms with van der Waals surface area (Å²) in [4.78, 5) is 10.9. The van der Waals surface area contributed by atoms with Crippen LogP contribution in [0.1, 0.15) is 12.0 Å². The molecule has 1 saturated heterocycles. The van der Waals surface area contributed by atoms with Crippen molar-refractivity contribution in [2.45, 2.75) is 23.5 Å². The fourth-order valence-electron chi connectivity index (χ4n) is 2.16. The number of hydrogen-bond acceptors (Lipinski definition) is 5. The summed E-state index contributed by atoms with van der Waals surface area (Å²) < 4.78 is 25.6. The van der Waals surface area contributed by atoms with E-state index in [2.05, 4.69) is 0 Å². The van der Waals surface area contributed by atoms with E-state index in [0.717, 1.165) is 10.4 Å². The van der Waals surface area contributed by atoms with Gasteiger partial charge in [0.2, 0.25) is 10.0 Å². The molecule has 0 saturated carbocycles. The molecular formula is C12H11ClN2O5S. The molecule has 7 nitrogen and oxygen atoms in total. The number of aliphatic hydroxyl groups excluding tert-OH is 1. The number of halogens is 1. The second-order valence-electron chi connectivity index (χ2n) is 4.57. The number of carboxylic acid groups (broad SMARTS) is 1. The van der Waals surface area contributed by atoms with E-state index < -0.39 is 28.1 Å². The van der Waals surface area contributed by atoms with Crippen molar-refractivity contribution in [2.75, 3.05) is 6.54 Å². The van der Waals surface area contributed by atoms with Gasteiger partial charge in [-0.1, -0.05) is 11.6 Å². The number of benzene rings is 1. The largest absolute Gasteiger partial charge is 0.480 e. The van der Waals surface area contributed by atoms with Crippen molar-refractivity contribution < 1.29 is 23.4 Å². The molecule has 2 unspecified atom stereocenters. The number of rotatable bonds is 3. The molecule has 9 heteroatoms. The number of β-amino-alcohol motifs (C(OH)–C–C–N with tert-alkyl or cyclic N) is 1. The summed E-state index contributed by atoms with van der Waals surface area (Å²) in [7, 11) is -4.11. The molecule has 0 aromatic heterocycles. The summed E-state index contributed by atoms with van der Waals surface area (Å²) in [5, 5.41) is 27.3. The van der Waals surface area contributed by atoms with E-state index >= 15 is 0 Å². The van der Waals surface area contributed by atoms with Gasteiger partial charge in [-0.2, -0.15) is 9.57 Å². The number of carboxylic acids is 1. The van der Waals surface area contributed by atoms with Crippen molar-refractivity contribution in [1.29, 1.82) is 5.26 Å². The van der Waals surface area contributed by atoms with Crippen molar-refractivity contribution >= 4 is 27.6 Å². The summed E-state index contributed by atoms with van der Waals surface area (Å²) in [5.74, 6) is -1.32. The Balaban J connectivity index is 2.45. The number of aliphatic hydroxyl groups is 1. The van der Waals surface area contributed by atoms with E-state index in [1.54, 1.807) is 6.07 Å². The third-order valence-corrected chi connectivity index (χ3v) is 5.37. The fourth-order valence-corrected chi connectivity index (χ4v) is 4.10. The first-order valence-electron chi connectivity index (χ1n) is 5.89. The molecule has 0 aliphatic carbocycles. The molecule has 2 atom stereocenters. The Morgan fingerprint density at radius 3 is 2.67 bits per heavy atom. The first kappa shape index (κ1) is 15.7. The molecule has 2 N–H and O–H groups in total. The van der Waals surface area contributed by atoms with Crippen LogP contribution < -0.4 is 0 Å². The lowest BCUT2D eigenvalue weighted by Crippen LogP contribution is -2.40. The molecular weight excluding hydrogens is 320 g/mol. The molecule has 1 aromatic rings. The normalized spacial score (nSPS) is 22.9. The molecule has 2 rings (SSSR count). The molecule has 1 fully saturated rings. The molecule has 21 heavy (non-hydrogen) atoms. The van der Waals surface area contributed by atoms with E-state index in [1.807, 2.05) is 0 Å². The van der Waals surface area contributed by atoms with Crippen molar-refractivity contribution in [3.8, 4) is 6.07 Å². The number of nitriles is 1. The number of aliphatic carboxylic acids is 1. The molecule has 1 heterocycles. The highest BCUT2D eigenvalue weighted by molar-refractivity contribution is 7.89. The van der Waals surface area contributed by atoms with Crippen LogP contribution in [0.2, 0.25) is 5.02 Å². The Bertz CT molecular complexity index is 728. The predicted molar refractivity (Wildman–Crippen MR) is 72.1 cm³/mol. The first-order valence-corrected chi connectivity index (χ1v) is 7.71. The fraction of sp³-hybridized carbons (Fsp3) is 0.333. The van der Waals surface area contributed by atoms with Crippen LogP contribution >= 0.6 is 11.6 Å². The zero-order valence-corrected chi connectivity index (χ0v) is 12.2. The average molecular weight is 331 g/mol. The van der Waals surface area contributed by atoms with Crippen LogP contribution in [-0.2, 0) is 14.8 Å². The lowest BCUT2D eigenvalue weighted by Gasteiger charge is -2.20. The third kappa shape index (κ3) is 2.87. The summed E-state index contributed by atoms with van der Waals surface area (Å²) in [6, 6.07) is 4.01. The second kappa shape index (κ2) is 5.61. The number of carbonyl (C=O) groups is 1. The van der Waals surface area contributed by atoms with E-state index in [1.165, 1.54) is 12.1 Å². The zero-order chi connectivity index (χ0) is 15.8. The van der Waals surface area contributed by atoms with Gasteiger partial charge in [0.05, 0.1) is 21.6 Å². The lowest BCUT2D eigenvalue weighted by atomic mass is 10.2. The third-order valence-electron chi connectivity index (χ3n) is 3.19. The van der Waals surface area contributed by atoms with Crippen LogP contribution in [0.15, 0.2) is 23.1 Å². The Kier molecular flexibility index (Phi) is 4.20. The van der Waals surface area contributed by atoms with Crippen LogP contribution in [0.25, 0.3) is 0 Å². The summed E-state index contributed by atoms with van der Waals surface area (Å²) >= 11 is 5.80. The van der Waals surface area contributed by atoms with Gasteiger partial charge in [-0.3, -0.25) is 4.79 Å². The van der Waals surface area contributed by atoms with Gasteiger partial charge in [-0.05, 0) is 18.2 Å². The van der Waals surface area contributed by atoms with Gasteiger partial charge >= 0.3 is 5.97 Å². The Labute approximate surface area is 126 Å². The quantitative estimate of drug-likeness (QED) is 0.829. The van der Waals surface area contributed by atoms with Crippen molar-refractivity contribution in [3.05, 3.63) is 28.8 Å². The highest BCUT2D eigenvalue weighted by Gasteiger charge is 2.43. The van der Waals surface area contributed by atoms with E-state index in [4.69, 9.17) is 22.0 Å². The smallest absolute Gasteiger partial charge is 0.322 e. The van der Waals surface area contributed by atoms with E-state index in [-0.39, 0.29) is 28.4 Å². The molecule has 1 aromatic carbocycles. The van der Waals surface area contributed by atoms with Gasteiger partial charge in [-0.15, -0.1) is 0 Å². The standard InChI is InChI=1S/C12H11ClN2O5S/c13-10-4-9(2-1-7(10)5-14)21(19,20)15-6-8(16)3-11(15)12(17)18/h1-2,4,8,11,16H,3,6H2,(H,17,18). The highest BCUT2D eigenvalue weighted by Crippen LogP contribution is 2.28. The van der Waals surface area contributed by atoms with Crippen LogP contribution in [-0.4, -0.2) is 47.6 Å². The summed E-state index contributed by atoms with van der Waals surface area (Å²) in [6.07, 6.45) is -1.20. The minimum Gasteiger partial charge on any atom is -0.480 e. The van der Waals surface area contributed by atoms with Gasteiger partial charge in [0.25, 0.3) is 0 Å². The summed E-state index contributed by atoms with van der Waals surface area (Å²) in [6.45, 7) is -0.295. The maximum atomic E-state index is 12.5. The molecule has 112 valence electrons. The SMILES string of the molecule is N#Cc1ccc(S(=O)(=O)N2CC(O)CC2C(=O)O)cc1Cl. The molecule has 0 spiro atoms. The van der Waals surface area contributed by atoms with Crippen molar-refractivity contribution in [2.24, 2.45) is 0 Å². The minimum absolute atomic E-state index is 0.0369. The van der Waals surface area contributed by atoms with Crippen molar-refractivity contribution in [1.82, 2.24) is 4.31 Å². The molecule has 0 bridgehead atoms. The number of sulfonamides is 1. The first-order chi connectivity index (χ1) is 9.77. The maximum Gasteiger partial charge on any atom is 0.322 e. The minimum atomic E-state index is -4.11. The van der Waals surface area contributed by atoms with Gasteiger partial charge in [0.1, 0.15) is 12.1 Å². The Morgan fingerprint density at radius 2 is 2.14 bits per heavy atom. The summed E-state index contributed by atoms with van der Waals surface area (Å²) in [5.41, 5.74) is 0.117. The van der Waals surface area contributed by atoms with Gasteiger partial charge < -0.3 is 10.2 Å². The van der Waals surface area contributed by atoms with Crippen LogP contribution in [0, 0.1) is 11.3 Å². The van der Waals surface area contributed by atoms with E-state index in [0.29, 0.717) is 0 Å². The maximum absolute atomic E-state index is 12.5. The van der Waals surface area contributed by atoms with Gasteiger partial charge in [-0.25, -0.2) is 8.42 Å². The van der Waals surface area contributed by atoms with E-state index in [9.17, 15) is 18.3 Å². The monoisotopic (exact) mass is 330 g/mol. The number of nitrogens with zero attached hydrogens (tertiary/aromatic N) is 2. The predicted octanol–water partition coefficient (Wildman–Crippen LogP) is 0.420. The Morgan fingerprint density at radius 1 is 1.48 bits per heavy atom. The van der Waals surface area contributed by atoms with Crippen LogP contribution in [0.3, 0.4) is 0 Å². The highest BCUT2D eigenvalue weighted by atomic mass is 35.5. The Hall–Kier alpha value is -1.66. The number of hydrogen-bond donors (Lipinski definition) is 2. The van der Waals surface area contributed by atoms with Crippen LogP contribution in [0.5, 0.6) is 0 Å². The molecule has 0 radical (unpaired) electrons. The zero-order valence-electron chi connectivity index (χ0n) is 10.6. The molecule has 1 aliphatic rings. The molecule has 1 aliphatic heterocycles. The topological polar surface area (TPSA) is 119 Å². The average Bonchev–Trinajstić information content (AvgIpc) is 2.81. The molecule has 0 amide bonds. The van der Waals surface area contributed by atoms with Crippen molar-refractivity contribution in [3.63, 3.8) is 0 Å². The lowest BCUT2D eigenvalue weighted by molar-refractivity contribution is -0.140. The van der Waals surface area contributed by atoms with Gasteiger partial charge in [0.15, 0.2) is 0 Å². The van der Waals surface area contributed by atoms with Gasteiger partial charge in [0, 0.05) is 13.0 Å².